The van der Waals surface area contributed by atoms with Gasteiger partial charge >= 0.3 is 0 Å². The Labute approximate surface area is 161 Å². The van der Waals surface area contributed by atoms with Gasteiger partial charge in [-0.2, -0.15) is 0 Å². The number of hydrogen-bond donors (Lipinski definition) is 1. The Morgan fingerprint density at radius 2 is 1.52 bits per heavy atom. The second kappa shape index (κ2) is 8.19. The number of benzene rings is 2. The fourth-order valence-electron chi connectivity index (χ4n) is 3.21. The lowest BCUT2D eigenvalue weighted by molar-refractivity contribution is 0.209. The highest BCUT2D eigenvalue weighted by molar-refractivity contribution is 7.92. The van der Waals surface area contributed by atoms with Crippen molar-refractivity contribution >= 4 is 21.4 Å². The second-order valence-electron chi connectivity index (χ2n) is 6.94. The van der Waals surface area contributed by atoms with Crippen LogP contribution >= 0.6 is 0 Å². The van der Waals surface area contributed by atoms with Gasteiger partial charge < -0.3 is 9.64 Å². The Hall–Kier alpha value is -2.25. The molecule has 27 heavy (non-hydrogen) atoms. The molecule has 6 nitrogen and oxygen atoms in total. The maximum atomic E-state index is 12.5. The lowest BCUT2D eigenvalue weighted by Crippen LogP contribution is -2.48. The van der Waals surface area contributed by atoms with Crippen LogP contribution in [0.2, 0.25) is 0 Å². The fourth-order valence-corrected chi connectivity index (χ4v) is 4.26. The van der Waals surface area contributed by atoms with Crippen molar-refractivity contribution in [3.05, 3.63) is 48.5 Å². The van der Waals surface area contributed by atoms with Crippen molar-refractivity contribution in [3.8, 4) is 5.75 Å². The normalized spacial score (nSPS) is 15.8. The lowest BCUT2D eigenvalue weighted by Gasteiger charge is -2.38. The predicted molar refractivity (Wildman–Crippen MR) is 109 cm³/mol. The standard InChI is InChI=1S/C20H27N3O3S/c1-16(2)22-12-14-23(15-13-22)18-6-4-17(5-7-18)21-27(24,25)20-10-8-19(26-3)9-11-20/h4-11,16,21H,12-15H2,1-3H3. The molecule has 1 aliphatic rings. The molecule has 0 aliphatic carbocycles. The van der Waals surface area contributed by atoms with Crippen LogP contribution in [0.3, 0.4) is 0 Å². The predicted octanol–water partition coefficient (Wildman–Crippen LogP) is 3.03. The molecule has 3 rings (SSSR count). The Morgan fingerprint density at radius 1 is 0.926 bits per heavy atom. The number of methoxy groups -OCH3 is 1. The van der Waals surface area contributed by atoms with Crippen LogP contribution in [0.1, 0.15) is 13.8 Å². The number of sulfonamides is 1. The summed E-state index contributed by atoms with van der Waals surface area (Å²) in [4.78, 5) is 5.01. The summed E-state index contributed by atoms with van der Waals surface area (Å²) >= 11 is 0. The van der Waals surface area contributed by atoms with Gasteiger partial charge in [-0.05, 0) is 62.4 Å². The van der Waals surface area contributed by atoms with Crippen molar-refractivity contribution in [2.45, 2.75) is 24.8 Å². The Morgan fingerprint density at radius 3 is 2.04 bits per heavy atom. The van der Waals surface area contributed by atoms with Crippen molar-refractivity contribution in [3.63, 3.8) is 0 Å². The van der Waals surface area contributed by atoms with E-state index in [0.717, 1.165) is 31.9 Å². The van der Waals surface area contributed by atoms with Crippen molar-refractivity contribution in [2.75, 3.05) is 42.9 Å². The van der Waals surface area contributed by atoms with Crippen LogP contribution < -0.4 is 14.4 Å². The first kappa shape index (κ1) is 19.5. The van der Waals surface area contributed by atoms with Gasteiger partial charge in [0.05, 0.1) is 12.0 Å². The van der Waals surface area contributed by atoms with Crippen molar-refractivity contribution < 1.29 is 13.2 Å². The highest BCUT2D eigenvalue weighted by atomic mass is 32.2. The monoisotopic (exact) mass is 389 g/mol. The first-order valence-corrected chi connectivity index (χ1v) is 10.6. The van der Waals surface area contributed by atoms with E-state index < -0.39 is 10.0 Å². The average Bonchev–Trinajstić information content (AvgIpc) is 2.68. The molecule has 1 heterocycles. The lowest BCUT2D eigenvalue weighted by atomic mass is 10.2. The van der Waals surface area contributed by atoms with E-state index in [0.29, 0.717) is 17.5 Å². The van der Waals surface area contributed by atoms with E-state index >= 15 is 0 Å². The van der Waals surface area contributed by atoms with E-state index in [2.05, 4.69) is 28.4 Å². The third-order valence-electron chi connectivity index (χ3n) is 4.90. The molecule has 0 aromatic heterocycles. The minimum atomic E-state index is -3.62. The van der Waals surface area contributed by atoms with E-state index in [9.17, 15) is 8.42 Å². The minimum Gasteiger partial charge on any atom is -0.497 e. The van der Waals surface area contributed by atoms with Crippen molar-refractivity contribution in [1.82, 2.24) is 4.90 Å². The highest BCUT2D eigenvalue weighted by Gasteiger charge is 2.19. The largest absolute Gasteiger partial charge is 0.497 e. The molecule has 0 bridgehead atoms. The molecule has 2 aromatic carbocycles. The molecule has 1 saturated heterocycles. The molecule has 0 amide bonds. The van der Waals surface area contributed by atoms with Gasteiger partial charge in [0.2, 0.25) is 0 Å². The van der Waals surface area contributed by atoms with Gasteiger partial charge in [-0.1, -0.05) is 0 Å². The second-order valence-corrected chi connectivity index (χ2v) is 8.63. The zero-order chi connectivity index (χ0) is 19.4. The Kier molecular flexibility index (Phi) is 5.92. The van der Waals surface area contributed by atoms with Crippen molar-refractivity contribution in [2.24, 2.45) is 0 Å². The fraction of sp³-hybridized carbons (Fsp3) is 0.400. The van der Waals surface area contributed by atoms with Gasteiger partial charge in [0, 0.05) is 43.6 Å². The molecule has 1 fully saturated rings. The maximum absolute atomic E-state index is 12.5. The third-order valence-corrected chi connectivity index (χ3v) is 6.30. The smallest absolute Gasteiger partial charge is 0.261 e. The summed E-state index contributed by atoms with van der Waals surface area (Å²) in [6.07, 6.45) is 0. The average molecular weight is 390 g/mol. The summed E-state index contributed by atoms with van der Waals surface area (Å²) in [6, 6.07) is 14.5. The summed E-state index contributed by atoms with van der Waals surface area (Å²) in [5.41, 5.74) is 1.67. The van der Waals surface area contributed by atoms with Gasteiger partial charge in [0.25, 0.3) is 10.0 Å². The number of rotatable bonds is 6. The van der Waals surface area contributed by atoms with Crippen LogP contribution in [0.4, 0.5) is 11.4 Å². The van der Waals surface area contributed by atoms with Crippen molar-refractivity contribution in [1.29, 1.82) is 0 Å². The van der Waals surface area contributed by atoms with Gasteiger partial charge in [-0.15, -0.1) is 0 Å². The van der Waals surface area contributed by atoms with Crippen LogP contribution in [0.25, 0.3) is 0 Å². The van der Waals surface area contributed by atoms with E-state index in [-0.39, 0.29) is 4.90 Å². The van der Waals surface area contributed by atoms with Gasteiger partial charge in [-0.25, -0.2) is 8.42 Å². The molecule has 0 radical (unpaired) electrons. The number of ether oxygens (including phenoxy) is 1. The summed E-state index contributed by atoms with van der Waals surface area (Å²) in [7, 11) is -2.07. The first-order valence-electron chi connectivity index (χ1n) is 9.15. The molecule has 0 unspecified atom stereocenters. The zero-order valence-corrected chi connectivity index (χ0v) is 16.9. The molecule has 146 valence electrons. The molecule has 1 aliphatic heterocycles. The maximum Gasteiger partial charge on any atom is 0.261 e. The quantitative estimate of drug-likeness (QED) is 0.823. The number of piperazine rings is 1. The van der Waals surface area contributed by atoms with Gasteiger partial charge in [0.1, 0.15) is 5.75 Å². The molecule has 2 aromatic rings. The zero-order valence-electron chi connectivity index (χ0n) is 16.1. The van der Waals surface area contributed by atoms with Crippen LogP contribution in [0, 0.1) is 0 Å². The highest BCUT2D eigenvalue weighted by Crippen LogP contribution is 2.23. The SMILES string of the molecule is COc1ccc(S(=O)(=O)Nc2ccc(N3CCN(C(C)C)CC3)cc2)cc1. The van der Waals surface area contributed by atoms with E-state index in [1.165, 1.54) is 12.1 Å². The van der Waals surface area contributed by atoms with E-state index in [1.807, 2.05) is 24.3 Å². The minimum absolute atomic E-state index is 0.206. The summed E-state index contributed by atoms with van der Waals surface area (Å²) < 4.78 is 32.7. The first-order chi connectivity index (χ1) is 12.9. The molecule has 0 atom stereocenters. The van der Waals surface area contributed by atoms with Gasteiger partial charge in [-0.3, -0.25) is 9.62 Å². The van der Waals surface area contributed by atoms with Crippen LogP contribution in [-0.4, -0.2) is 52.6 Å². The van der Waals surface area contributed by atoms with Crippen LogP contribution in [0.5, 0.6) is 5.75 Å². The van der Waals surface area contributed by atoms with Crippen LogP contribution in [-0.2, 0) is 10.0 Å². The van der Waals surface area contributed by atoms with E-state index in [4.69, 9.17) is 4.74 Å². The number of hydrogen-bond acceptors (Lipinski definition) is 5. The molecular formula is C20H27N3O3S. The van der Waals surface area contributed by atoms with Gasteiger partial charge in [0.15, 0.2) is 0 Å². The summed E-state index contributed by atoms with van der Waals surface area (Å²) in [5, 5.41) is 0. The molecule has 7 heteroatoms. The number of nitrogens with one attached hydrogen (secondary N) is 1. The Bertz CT molecular complexity index is 841. The third kappa shape index (κ3) is 4.73. The topological polar surface area (TPSA) is 61.9 Å². The number of anilines is 2. The molecular weight excluding hydrogens is 362 g/mol. The molecule has 0 spiro atoms. The number of nitrogens with zero attached hydrogens (tertiary/aromatic N) is 2. The Balaban J connectivity index is 1.65. The molecule has 0 saturated carbocycles. The summed E-state index contributed by atoms with van der Waals surface area (Å²) in [5.74, 6) is 0.621. The summed E-state index contributed by atoms with van der Waals surface area (Å²) in [6.45, 7) is 8.50. The van der Waals surface area contributed by atoms with Crippen LogP contribution in [0.15, 0.2) is 53.4 Å². The van der Waals surface area contributed by atoms with E-state index in [1.54, 1.807) is 19.2 Å². The molecule has 1 N–H and O–H groups in total.